The number of amides is 2. The molecule has 4 N–H and O–H groups in total. The first-order chi connectivity index (χ1) is 6.99. The van der Waals surface area contributed by atoms with E-state index < -0.39 is 0 Å². The summed E-state index contributed by atoms with van der Waals surface area (Å²) in [5, 5.41) is 5.45. The third kappa shape index (κ3) is 3.79. The van der Waals surface area contributed by atoms with Crippen molar-refractivity contribution in [3.8, 4) is 0 Å². The van der Waals surface area contributed by atoms with E-state index in [1.54, 1.807) is 18.2 Å². The lowest BCUT2D eigenvalue weighted by Crippen LogP contribution is -2.34. The molecule has 5 heteroatoms. The topological polar surface area (TPSA) is 67.2 Å². The zero-order valence-electron chi connectivity index (χ0n) is 8.67. The molecule has 1 aromatic rings. The van der Waals surface area contributed by atoms with Gasteiger partial charge in [-0.2, -0.15) is 0 Å². The van der Waals surface area contributed by atoms with Crippen LogP contribution < -0.4 is 16.4 Å². The molecule has 0 fully saturated rings. The van der Waals surface area contributed by atoms with Crippen molar-refractivity contribution >= 4 is 33.3 Å². The third-order valence-corrected chi connectivity index (χ3v) is 2.32. The lowest BCUT2D eigenvalue weighted by Gasteiger charge is -2.11. The Hall–Kier alpha value is -1.23. The van der Waals surface area contributed by atoms with Gasteiger partial charge in [-0.3, -0.25) is 0 Å². The van der Waals surface area contributed by atoms with Gasteiger partial charge in [0.05, 0.1) is 5.69 Å². The number of halogens is 1. The van der Waals surface area contributed by atoms with Crippen molar-refractivity contribution in [1.82, 2.24) is 5.32 Å². The summed E-state index contributed by atoms with van der Waals surface area (Å²) in [6.07, 6.45) is 0. The van der Waals surface area contributed by atoms with Crippen LogP contribution in [0.2, 0.25) is 0 Å². The molecule has 1 aromatic carbocycles. The van der Waals surface area contributed by atoms with Crippen molar-refractivity contribution in [2.24, 2.45) is 0 Å². The maximum absolute atomic E-state index is 11.4. The molecule has 15 heavy (non-hydrogen) atoms. The summed E-state index contributed by atoms with van der Waals surface area (Å²) >= 11 is 3.32. The second-order valence-electron chi connectivity index (χ2n) is 3.49. The maximum Gasteiger partial charge on any atom is 0.319 e. The smallest absolute Gasteiger partial charge is 0.319 e. The second kappa shape index (κ2) is 5.02. The highest BCUT2D eigenvalue weighted by Gasteiger charge is 2.05. The minimum absolute atomic E-state index is 0.109. The van der Waals surface area contributed by atoms with Crippen LogP contribution in [0.3, 0.4) is 0 Å². The van der Waals surface area contributed by atoms with E-state index in [0.717, 1.165) is 4.47 Å². The number of carbonyl (C=O) groups excluding carboxylic acids is 1. The summed E-state index contributed by atoms with van der Waals surface area (Å²) in [6, 6.07) is 5.10. The highest BCUT2D eigenvalue weighted by atomic mass is 79.9. The fourth-order valence-corrected chi connectivity index (χ4v) is 1.55. The Kier molecular flexibility index (Phi) is 3.96. The number of hydrogen-bond acceptors (Lipinski definition) is 2. The summed E-state index contributed by atoms with van der Waals surface area (Å²) in [7, 11) is 0. The molecule has 0 aromatic heterocycles. The van der Waals surface area contributed by atoms with Gasteiger partial charge in [0.1, 0.15) is 0 Å². The molecule has 4 nitrogen and oxygen atoms in total. The number of rotatable bonds is 2. The summed E-state index contributed by atoms with van der Waals surface area (Å²) in [5.41, 5.74) is 6.93. The molecule has 0 heterocycles. The zero-order chi connectivity index (χ0) is 11.4. The van der Waals surface area contributed by atoms with Gasteiger partial charge < -0.3 is 16.4 Å². The predicted octanol–water partition coefficient (Wildman–Crippen LogP) is 2.56. The van der Waals surface area contributed by atoms with Crippen molar-refractivity contribution in [3.63, 3.8) is 0 Å². The molecule has 0 atom stereocenters. The van der Waals surface area contributed by atoms with E-state index in [2.05, 4.69) is 26.6 Å². The van der Waals surface area contributed by atoms with Crippen LogP contribution in [0.5, 0.6) is 0 Å². The number of nitrogen functional groups attached to an aromatic ring is 1. The standard InChI is InChI=1S/C10H14BrN3O/c1-6(2)13-10(15)14-9-4-3-7(12)5-8(9)11/h3-6H,12H2,1-2H3,(H2,13,14,15). The summed E-state index contributed by atoms with van der Waals surface area (Å²) in [5.74, 6) is 0. The molecular weight excluding hydrogens is 258 g/mol. The molecule has 0 spiro atoms. The van der Waals surface area contributed by atoms with Crippen LogP contribution in [-0.2, 0) is 0 Å². The molecule has 0 aliphatic heterocycles. The van der Waals surface area contributed by atoms with Crippen molar-refractivity contribution < 1.29 is 4.79 Å². The lowest BCUT2D eigenvalue weighted by atomic mass is 10.3. The van der Waals surface area contributed by atoms with Gasteiger partial charge >= 0.3 is 6.03 Å². The first-order valence-corrected chi connectivity index (χ1v) is 5.41. The van der Waals surface area contributed by atoms with Crippen LogP contribution in [0.15, 0.2) is 22.7 Å². The Morgan fingerprint density at radius 3 is 2.67 bits per heavy atom. The van der Waals surface area contributed by atoms with Crippen LogP contribution >= 0.6 is 15.9 Å². The summed E-state index contributed by atoms with van der Waals surface area (Å²) < 4.78 is 0.765. The molecule has 2 amide bonds. The molecule has 1 rings (SSSR count). The number of hydrogen-bond donors (Lipinski definition) is 3. The van der Waals surface area contributed by atoms with E-state index in [0.29, 0.717) is 11.4 Å². The molecule has 0 bridgehead atoms. The first-order valence-electron chi connectivity index (χ1n) is 4.61. The lowest BCUT2D eigenvalue weighted by molar-refractivity contribution is 0.250. The van der Waals surface area contributed by atoms with Gasteiger partial charge in [-0.25, -0.2) is 4.79 Å². The molecule has 0 radical (unpaired) electrons. The van der Waals surface area contributed by atoms with Gasteiger partial charge in [0, 0.05) is 16.2 Å². The zero-order valence-corrected chi connectivity index (χ0v) is 10.3. The first kappa shape index (κ1) is 11.8. The molecule has 0 saturated heterocycles. The summed E-state index contributed by atoms with van der Waals surface area (Å²) in [6.45, 7) is 3.80. The normalized spacial score (nSPS) is 10.1. The van der Waals surface area contributed by atoms with Crippen molar-refractivity contribution in [2.45, 2.75) is 19.9 Å². The van der Waals surface area contributed by atoms with Gasteiger partial charge in [-0.1, -0.05) is 0 Å². The second-order valence-corrected chi connectivity index (χ2v) is 4.35. The van der Waals surface area contributed by atoms with Gasteiger partial charge in [-0.15, -0.1) is 0 Å². The van der Waals surface area contributed by atoms with Crippen LogP contribution in [-0.4, -0.2) is 12.1 Å². The van der Waals surface area contributed by atoms with Crippen LogP contribution in [0, 0.1) is 0 Å². The molecule has 82 valence electrons. The average Bonchev–Trinajstić information content (AvgIpc) is 2.08. The molecule has 0 saturated carbocycles. The maximum atomic E-state index is 11.4. The average molecular weight is 272 g/mol. The third-order valence-electron chi connectivity index (χ3n) is 1.66. The largest absolute Gasteiger partial charge is 0.399 e. The summed E-state index contributed by atoms with van der Waals surface area (Å²) in [4.78, 5) is 11.4. The number of nitrogens with one attached hydrogen (secondary N) is 2. The predicted molar refractivity (Wildman–Crippen MR) is 65.8 cm³/mol. The van der Waals surface area contributed by atoms with Gasteiger partial charge in [-0.05, 0) is 48.0 Å². The fourth-order valence-electron chi connectivity index (χ4n) is 1.05. The molecular formula is C10H14BrN3O. The number of benzene rings is 1. The van der Waals surface area contributed by atoms with Crippen LogP contribution in [0.1, 0.15) is 13.8 Å². The van der Waals surface area contributed by atoms with Crippen molar-refractivity contribution in [1.29, 1.82) is 0 Å². The molecule has 0 aliphatic rings. The Balaban J connectivity index is 2.68. The van der Waals surface area contributed by atoms with Crippen molar-refractivity contribution in [2.75, 3.05) is 11.1 Å². The van der Waals surface area contributed by atoms with E-state index in [9.17, 15) is 4.79 Å². The Morgan fingerprint density at radius 2 is 2.13 bits per heavy atom. The van der Waals surface area contributed by atoms with Crippen LogP contribution in [0.4, 0.5) is 16.2 Å². The quantitative estimate of drug-likeness (QED) is 0.724. The Morgan fingerprint density at radius 1 is 1.47 bits per heavy atom. The van der Waals surface area contributed by atoms with Gasteiger partial charge in [0.2, 0.25) is 0 Å². The monoisotopic (exact) mass is 271 g/mol. The highest BCUT2D eigenvalue weighted by molar-refractivity contribution is 9.10. The number of carbonyl (C=O) groups is 1. The van der Waals surface area contributed by atoms with Gasteiger partial charge in [0.15, 0.2) is 0 Å². The Bertz CT molecular complexity index is 366. The van der Waals surface area contributed by atoms with E-state index in [1.807, 2.05) is 13.8 Å². The van der Waals surface area contributed by atoms with Gasteiger partial charge in [0.25, 0.3) is 0 Å². The van der Waals surface area contributed by atoms with E-state index >= 15 is 0 Å². The number of nitrogens with two attached hydrogens (primary N) is 1. The highest BCUT2D eigenvalue weighted by Crippen LogP contribution is 2.24. The minimum Gasteiger partial charge on any atom is -0.399 e. The molecule has 0 unspecified atom stereocenters. The SMILES string of the molecule is CC(C)NC(=O)Nc1ccc(N)cc1Br. The van der Waals surface area contributed by atoms with Crippen molar-refractivity contribution in [3.05, 3.63) is 22.7 Å². The fraction of sp³-hybridized carbons (Fsp3) is 0.300. The van der Waals surface area contributed by atoms with E-state index in [-0.39, 0.29) is 12.1 Å². The van der Waals surface area contributed by atoms with Crippen LogP contribution in [0.25, 0.3) is 0 Å². The number of urea groups is 1. The molecule has 0 aliphatic carbocycles. The Labute approximate surface area is 97.4 Å². The minimum atomic E-state index is -0.226. The van der Waals surface area contributed by atoms with E-state index in [4.69, 9.17) is 5.73 Å². The van der Waals surface area contributed by atoms with E-state index in [1.165, 1.54) is 0 Å². The number of anilines is 2.